The second-order valence-electron chi connectivity index (χ2n) is 6.54. The van der Waals surface area contributed by atoms with Crippen molar-refractivity contribution in [2.75, 3.05) is 6.61 Å². The Morgan fingerprint density at radius 3 is 2.78 bits per heavy atom. The highest BCUT2D eigenvalue weighted by atomic mass is 28.3. The third-order valence-corrected chi connectivity index (χ3v) is 5.02. The molecule has 1 heterocycles. The standard InChI is InChI=1S/C15H20FN3O3Si/c1-23(2,3)7-6-22-11-18-10-12(9-17-18)14-8-13(16)4-5-15(14)19(20)21/h4-5,8-10H,6-7,11H2,1-3H3. The highest BCUT2D eigenvalue weighted by Gasteiger charge is 2.17. The van der Waals surface area contributed by atoms with Gasteiger partial charge in [0.2, 0.25) is 0 Å². The van der Waals surface area contributed by atoms with Crippen LogP contribution in [0.25, 0.3) is 11.1 Å². The molecule has 0 saturated carbocycles. The van der Waals surface area contributed by atoms with E-state index in [1.165, 1.54) is 6.20 Å². The summed E-state index contributed by atoms with van der Waals surface area (Å²) in [6.45, 7) is 7.74. The molecule has 0 amide bonds. The van der Waals surface area contributed by atoms with Crippen LogP contribution in [0.5, 0.6) is 0 Å². The Morgan fingerprint density at radius 2 is 2.13 bits per heavy atom. The lowest BCUT2D eigenvalue weighted by Crippen LogP contribution is -2.22. The summed E-state index contributed by atoms with van der Waals surface area (Å²) in [7, 11) is -1.14. The first-order chi connectivity index (χ1) is 10.8. The molecule has 0 unspecified atom stereocenters. The van der Waals surface area contributed by atoms with Crippen LogP contribution in [0.2, 0.25) is 25.7 Å². The summed E-state index contributed by atoms with van der Waals surface area (Å²) < 4.78 is 20.5. The molecule has 0 aliphatic rings. The number of ether oxygens (including phenoxy) is 1. The van der Waals surface area contributed by atoms with Gasteiger partial charge >= 0.3 is 0 Å². The van der Waals surface area contributed by atoms with Crippen LogP contribution in [0.3, 0.4) is 0 Å². The molecule has 2 aromatic rings. The van der Waals surface area contributed by atoms with Crippen molar-refractivity contribution < 1.29 is 14.1 Å². The van der Waals surface area contributed by atoms with Gasteiger partial charge < -0.3 is 4.74 Å². The number of nitro groups is 1. The van der Waals surface area contributed by atoms with Crippen molar-refractivity contribution in [3.63, 3.8) is 0 Å². The minimum atomic E-state index is -1.14. The predicted octanol–water partition coefficient (Wildman–Crippen LogP) is 3.91. The number of rotatable bonds is 7. The van der Waals surface area contributed by atoms with Crippen LogP contribution in [0.4, 0.5) is 10.1 Å². The molecule has 0 aliphatic carbocycles. The van der Waals surface area contributed by atoms with Crippen molar-refractivity contribution >= 4 is 13.8 Å². The van der Waals surface area contributed by atoms with E-state index in [1.54, 1.807) is 10.9 Å². The molecule has 0 spiro atoms. The molecule has 0 N–H and O–H groups in total. The number of hydrogen-bond acceptors (Lipinski definition) is 4. The van der Waals surface area contributed by atoms with Crippen LogP contribution in [-0.2, 0) is 11.5 Å². The minimum absolute atomic E-state index is 0.148. The van der Waals surface area contributed by atoms with Crippen LogP contribution in [0.1, 0.15) is 0 Å². The van der Waals surface area contributed by atoms with Gasteiger partial charge in [-0.1, -0.05) is 19.6 Å². The minimum Gasteiger partial charge on any atom is -0.360 e. The molecule has 8 heteroatoms. The van der Waals surface area contributed by atoms with E-state index in [-0.39, 0.29) is 18.0 Å². The topological polar surface area (TPSA) is 70.2 Å². The fourth-order valence-electron chi connectivity index (χ4n) is 2.01. The largest absolute Gasteiger partial charge is 0.360 e. The molecular formula is C15H20FN3O3Si. The zero-order valence-corrected chi connectivity index (χ0v) is 14.5. The Bertz CT molecular complexity index is 698. The average Bonchev–Trinajstić information content (AvgIpc) is 2.91. The van der Waals surface area contributed by atoms with Gasteiger partial charge in [0.15, 0.2) is 0 Å². The third kappa shape index (κ3) is 4.97. The summed E-state index contributed by atoms with van der Waals surface area (Å²) >= 11 is 0. The Labute approximate surface area is 135 Å². The molecule has 124 valence electrons. The molecule has 2 rings (SSSR count). The van der Waals surface area contributed by atoms with E-state index in [0.29, 0.717) is 12.2 Å². The Kier molecular flexibility index (Phi) is 5.27. The van der Waals surface area contributed by atoms with Crippen LogP contribution in [-0.4, -0.2) is 29.4 Å². The van der Waals surface area contributed by atoms with Crippen LogP contribution >= 0.6 is 0 Å². The molecule has 0 fully saturated rings. The van der Waals surface area contributed by atoms with Crippen LogP contribution in [0, 0.1) is 15.9 Å². The summed E-state index contributed by atoms with van der Waals surface area (Å²) in [4.78, 5) is 10.5. The lowest BCUT2D eigenvalue weighted by Gasteiger charge is -2.15. The average molecular weight is 337 g/mol. The predicted molar refractivity (Wildman–Crippen MR) is 88.4 cm³/mol. The van der Waals surface area contributed by atoms with E-state index >= 15 is 0 Å². The van der Waals surface area contributed by atoms with Gasteiger partial charge in [0.1, 0.15) is 12.5 Å². The summed E-state index contributed by atoms with van der Waals surface area (Å²) in [6, 6.07) is 4.43. The maximum absolute atomic E-state index is 13.4. The van der Waals surface area contributed by atoms with Gasteiger partial charge in [0.05, 0.1) is 16.7 Å². The van der Waals surface area contributed by atoms with E-state index in [4.69, 9.17) is 4.74 Å². The zero-order valence-electron chi connectivity index (χ0n) is 13.5. The Hall–Kier alpha value is -2.06. The Morgan fingerprint density at radius 1 is 1.39 bits per heavy atom. The van der Waals surface area contributed by atoms with Gasteiger partial charge in [-0.05, 0) is 18.2 Å². The SMILES string of the molecule is C[Si](C)(C)CCOCn1cc(-c2cc(F)ccc2[N+](=O)[O-])cn1. The van der Waals surface area contributed by atoms with Crippen LogP contribution in [0.15, 0.2) is 30.6 Å². The number of halogens is 1. The molecule has 0 atom stereocenters. The first kappa shape index (κ1) is 17.3. The molecule has 0 aliphatic heterocycles. The van der Waals surface area contributed by atoms with E-state index < -0.39 is 18.8 Å². The molecule has 6 nitrogen and oxygen atoms in total. The first-order valence-corrected chi connectivity index (χ1v) is 11.0. The highest BCUT2D eigenvalue weighted by molar-refractivity contribution is 6.76. The van der Waals surface area contributed by atoms with Gasteiger partial charge in [-0.2, -0.15) is 5.10 Å². The van der Waals surface area contributed by atoms with Crippen molar-refractivity contribution in [3.05, 3.63) is 46.5 Å². The molecule has 23 heavy (non-hydrogen) atoms. The van der Waals surface area contributed by atoms with E-state index in [9.17, 15) is 14.5 Å². The monoisotopic (exact) mass is 337 g/mol. The second-order valence-corrected chi connectivity index (χ2v) is 12.2. The van der Waals surface area contributed by atoms with Gasteiger partial charge in [0, 0.05) is 32.5 Å². The fourth-order valence-corrected chi connectivity index (χ4v) is 2.77. The number of aromatic nitrogens is 2. The van der Waals surface area contributed by atoms with Gasteiger partial charge in [-0.15, -0.1) is 0 Å². The maximum Gasteiger partial charge on any atom is 0.277 e. The number of benzene rings is 1. The van der Waals surface area contributed by atoms with Gasteiger partial charge in [0.25, 0.3) is 5.69 Å². The van der Waals surface area contributed by atoms with E-state index in [0.717, 1.165) is 24.2 Å². The number of hydrogen-bond donors (Lipinski definition) is 0. The van der Waals surface area contributed by atoms with E-state index in [1.807, 2.05) is 0 Å². The lowest BCUT2D eigenvalue weighted by atomic mass is 10.1. The normalized spacial score (nSPS) is 11.7. The van der Waals surface area contributed by atoms with Crippen molar-refractivity contribution in [2.24, 2.45) is 0 Å². The van der Waals surface area contributed by atoms with Crippen molar-refractivity contribution in [1.82, 2.24) is 9.78 Å². The van der Waals surface area contributed by atoms with E-state index in [2.05, 4.69) is 24.7 Å². The second kappa shape index (κ2) is 7.01. The van der Waals surface area contributed by atoms with Crippen molar-refractivity contribution in [2.45, 2.75) is 32.4 Å². The van der Waals surface area contributed by atoms with Crippen LogP contribution < -0.4 is 0 Å². The molecule has 1 aromatic carbocycles. The summed E-state index contributed by atoms with van der Waals surface area (Å²) in [5.74, 6) is -0.523. The summed E-state index contributed by atoms with van der Waals surface area (Å²) in [5, 5.41) is 15.2. The molecule has 0 radical (unpaired) electrons. The zero-order chi connectivity index (χ0) is 17.0. The quantitative estimate of drug-likeness (QED) is 0.332. The van der Waals surface area contributed by atoms with Gasteiger partial charge in [-0.3, -0.25) is 10.1 Å². The Balaban J connectivity index is 2.08. The van der Waals surface area contributed by atoms with Crippen molar-refractivity contribution in [1.29, 1.82) is 0 Å². The van der Waals surface area contributed by atoms with Gasteiger partial charge in [-0.25, -0.2) is 9.07 Å². The number of nitrogens with zero attached hydrogens (tertiary/aromatic N) is 3. The highest BCUT2D eigenvalue weighted by Crippen LogP contribution is 2.30. The third-order valence-electron chi connectivity index (χ3n) is 3.32. The molecule has 1 aromatic heterocycles. The molecule has 0 saturated heterocycles. The summed E-state index contributed by atoms with van der Waals surface area (Å²) in [5.41, 5.74) is 0.555. The summed E-state index contributed by atoms with van der Waals surface area (Å²) in [6.07, 6.45) is 3.10. The first-order valence-electron chi connectivity index (χ1n) is 7.31. The molecule has 0 bridgehead atoms. The lowest BCUT2D eigenvalue weighted by molar-refractivity contribution is -0.384. The van der Waals surface area contributed by atoms with Crippen molar-refractivity contribution in [3.8, 4) is 11.1 Å². The fraction of sp³-hybridized carbons (Fsp3) is 0.400. The molecular weight excluding hydrogens is 317 g/mol. The maximum atomic E-state index is 13.4. The smallest absolute Gasteiger partial charge is 0.277 e. The number of nitro benzene ring substituents is 1.